The molecule has 1 saturated carbocycles. The lowest BCUT2D eigenvalue weighted by molar-refractivity contribution is -0.119. The number of halogens is 1. The minimum atomic E-state index is 0.0912. The second-order valence-corrected chi connectivity index (χ2v) is 5.83. The molecule has 0 aromatic heterocycles. The van der Waals surface area contributed by atoms with E-state index in [-0.39, 0.29) is 17.6 Å². The number of benzene rings is 1. The molecule has 0 spiro atoms. The van der Waals surface area contributed by atoms with E-state index >= 15 is 0 Å². The van der Waals surface area contributed by atoms with Gasteiger partial charge in [-0.1, -0.05) is 15.9 Å². The van der Waals surface area contributed by atoms with Gasteiger partial charge < -0.3 is 4.90 Å². The number of Topliss-reactive ketones (excluding diaryl/α,β-unsaturated/α-hetero) is 1. The van der Waals surface area contributed by atoms with Crippen LogP contribution in [0.15, 0.2) is 18.2 Å². The Morgan fingerprint density at radius 2 is 2.11 bits per heavy atom. The van der Waals surface area contributed by atoms with Gasteiger partial charge in [0.1, 0.15) is 0 Å². The van der Waals surface area contributed by atoms with Crippen LogP contribution < -0.4 is 4.90 Å². The number of fused-ring (bicyclic) bond motifs is 1. The molecule has 3 rings (SSSR count). The molecule has 0 N–H and O–H groups in total. The molecule has 1 aliphatic carbocycles. The Labute approximate surface area is 121 Å². The summed E-state index contributed by atoms with van der Waals surface area (Å²) in [5.41, 5.74) is 2.87. The SMILES string of the molecule is O=C(CBr)c1ccc2c(c1)CCCN2C(=O)C1CC1. The number of carbonyl (C=O) groups excluding carboxylic acids is 2. The normalized spacial score (nSPS) is 18.1. The van der Waals surface area contributed by atoms with Crippen molar-refractivity contribution in [3.63, 3.8) is 0 Å². The van der Waals surface area contributed by atoms with E-state index in [1.54, 1.807) is 0 Å². The smallest absolute Gasteiger partial charge is 0.230 e. The Morgan fingerprint density at radius 1 is 1.32 bits per heavy atom. The fourth-order valence-electron chi connectivity index (χ4n) is 2.63. The van der Waals surface area contributed by atoms with Gasteiger partial charge in [-0.25, -0.2) is 0 Å². The molecule has 1 fully saturated rings. The number of alkyl halides is 1. The number of anilines is 1. The van der Waals surface area contributed by atoms with Gasteiger partial charge in [-0.05, 0) is 49.4 Å². The number of rotatable bonds is 3. The van der Waals surface area contributed by atoms with Crippen molar-refractivity contribution in [3.05, 3.63) is 29.3 Å². The Bertz CT molecular complexity index is 537. The fraction of sp³-hybridized carbons (Fsp3) is 0.467. The molecule has 0 radical (unpaired) electrons. The zero-order chi connectivity index (χ0) is 13.4. The first-order chi connectivity index (χ1) is 9.20. The van der Waals surface area contributed by atoms with Gasteiger partial charge in [-0.3, -0.25) is 9.59 Å². The molecule has 2 aliphatic rings. The van der Waals surface area contributed by atoms with Crippen LogP contribution in [0.25, 0.3) is 0 Å². The van der Waals surface area contributed by atoms with Gasteiger partial charge in [-0.2, -0.15) is 0 Å². The lowest BCUT2D eigenvalue weighted by Gasteiger charge is -2.30. The lowest BCUT2D eigenvalue weighted by atomic mass is 9.97. The van der Waals surface area contributed by atoms with Gasteiger partial charge in [-0.15, -0.1) is 0 Å². The van der Waals surface area contributed by atoms with Crippen LogP contribution in [0.2, 0.25) is 0 Å². The third-order valence-electron chi connectivity index (χ3n) is 3.83. The molecule has 1 aliphatic heterocycles. The second-order valence-electron chi connectivity index (χ2n) is 5.27. The Kier molecular flexibility index (Phi) is 3.44. The summed E-state index contributed by atoms with van der Waals surface area (Å²) in [6.07, 6.45) is 4.00. The number of nitrogens with zero attached hydrogens (tertiary/aromatic N) is 1. The van der Waals surface area contributed by atoms with Crippen LogP contribution in [-0.2, 0) is 11.2 Å². The molecule has 3 nitrogen and oxygen atoms in total. The first-order valence-corrected chi connectivity index (χ1v) is 7.86. The van der Waals surface area contributed by atoms with E-state index in [0.29, 0.717) is 5.33 Å². The zero-order valence-electron chi connectivity index (χ0n) is 10.7. The summed E-state index contributed by atoms with van der Waals surface area (Å²) < 4.78 is 0. The summed E-state index contributed by atoms with van der Waals surface area (Å²) in [4.78, 5) is 25.9. The molecule has 0 atom stereocenters. The fourth-order valence-corrected chi connectivity index (χ4v) is 2.95. The molecule has 1 aromatic carbocycles. The Hall–Kier alpha value is -1.16. The molecule has 4 heteroatoms. The van der Waals surface area contributed by atoms with Gasteiger partial charge in [0.25, 0.3) is 0 Å². The third-order valence-corrected chi connectivity index (χ3v) is 4.34. The maximum Gasteiger partial charge on any atom is 0.230 e. The molecule has 1 heterocycles. The Morgan fingerprint density at radius 3 is 2.79 bits per heavy atom. The number of carbonyl (C=O) groups is 2. The first kappa shape index (κ1) is 12.9. The lowest BCUT2D eigenvalue weighted by Crippen LogP contribution is -2.36. The average Bonchev–Trinajstić information content (AvgIpc) is 3.29. The quantitative estimate of drug-likeness (QED) is 0.634. The highest BCUT2D eigenvalue weighted by molar-refractivity contribution is 9.09. The molecule has 0 bridgehead atoms. The van der Waals surface area contributed by atoms with Gasteiger partial charge in [0.15, 0.2) is 5.78 Å². The molecule has 1 amide bonds. The van der Waals surface area contributed by atoms with Crippen LogP contribution in [0.4, 0.5) is 5.69 Å². The highest BCUT2D eigenvalue weighted by atomic mass is 79.9. The van der Waals surface area contributed by atoms with Crippen molar-refractivity contribution in [1.82, 2.24) is 0 Å². The van der Waals surface area contributed by atoms with E-state index in [2.05, 4.69) is 15.9 Å². The predicted molar refractivity (Wildman–Crippen MR) is 78.0 cm³/mol. The van der Waals surface area contributed by atoms with Gasteiger partial charge in [0.05, 0.1) is 5.33 Å². The van der Waals surface area contributed by atoms with Gasteiger partial charge in [0, 0.05) is 23.7 Å². The van der Waals surface area contributed by atoms with E-state index in [9.17, 15) is 9.59 Å². The van der Waals surface area contributed by atoms with Crippen LogP contribution in [-0.4, -0.2) is 23.6 Å². The first-order valence-electron chi connectivity index (χ1n) is 6.74. The van der Waals surface area contributed by atoms with E-state index in [1.165, 1.54) is 0 Å². The molecule has 19 heavy (non-hydrogen) atoms. The largest absolute Gasteiger partial charge is 0.312 e. The standard InChI is InChI=1S/C15H16BrNO2/c16-9-14(18)12-5-6-13-11(8-12)2-1-7-17(13)15(19)10-3-4-10/h5-6,8,10H,1-4,7,9H2. The van der Waals surface area contributed by atoms with Crippen LogP contribution in [0.3, 0.4) is 0 Å². The molecule has 0 unspecified atom stereocenters. The zero-order valence-corrected chi connectivity index (χ0v) is 12.3. The Balaban J connectivity index is 1.92. The summed E-state index contributed by atoms with van der Waals surface area (Å²) >= 11 is 3.20. The van der Waals surface area contributed by atoms with E-state index < -0.39 is 0 Å². The summed E-state index contributed by atoms with van der Waals surface area (Å²) in [6.45, 7) is 0.814. The van der Waals surface area contributed by atoms with Crippen molar-refractivity contribution in [1.29, 1.82) is 0 Å². The number of amides is 1. The van der Waals surface area contributed by atoms with E-state index in [4.69, 9.17) is 0 Å². The van der Waals surface area contributed by atoms with Crippen molar-refractivity contribution in [3.8, 4) is 0 Å². The molecule has 0 saturated heterocycles. The van der Waals surface area contributed by atoms with Crippen LogP contribution in [0, 0.1) is 5.92 Å². The number of aryl methyl sites for hydroxylation is 1. The second kappa shape index (κ2) is 5.08. The number of hydrogen-bond acceptors (Lipinski definition) is 2. The summed E-state index contributed by atoms with van der Waals surface area (Å²) in [5.74, 6) is 0.601. The van der Waals surface area contributed by atoms with E-state index in [1.807, 2.05) is 23.1 Å². The maximum atomic E-state index is 12.2. The summed E-state index contributed by atoms with van der Waals surface area (Å²) in [6, 6.07) is 5.72. The molecular formula is C15H16BrNO2. The highest BCUT2D eigenvalue weighted by Crippen LogP contribution is 2.36. The van der Waals surface area contributed by atoms with Crippen molar-refractivity contribution in [2.45, 2.75) is 25.7 Å². The molecule has 100 valence electrons. The average molecular weight is 322 g/mol. The van der Waals surface area contributed by atoms with Crippen molar-refractivity contribution < 1.29 is 9.59 Å². The minimum Gasteiger partial charge on any atom is -0.312 e. The van der Waals surface area contributed by atoms with Crippen molar-refractivity contribution >= 4 is 33.3 Å². The molecule has 1 aromatic rings. The number of hydrogen-bond donors (Lipinski definition) is 0. The van der Waals surface area contributed by atoms with E-state index in [0.717, 1.165) is 49.0 Å². The summed E-state index contributed by atoms with van der Waals surface area (Å²) in [7, 11) is 0. The van der Waals surface area contributed by atoms with Crippen LogP contribution in [0.5, 0.6) is 0 Å². The minimum absolute atomic E-state index is 0.0912. The van der Waals surface area contributed by atoms with Gasteiger partial charge in [0.2, 0.25) is 5.91 Å². The number of ketones is 1. The third kappa shape index (κ3) is 2.46. The predicted octanol–water partition coefficient (Wildman–Crippen LogP) is 2.95. The summed E-state index contributed by atoms with van der Waals surface area (Å²) in [5, 5.41) is 0.344. The van der Waals surface area contributed by atoms with Crippen LogP contribution in [0.1, 0.15) is 35.2 Å². The maximum absolute atomic E-state index is 12.2. The highest BCUT2D eigenvalue weighted by Gasteiger charge is 2.35. The van der Waals surface area contributed by atoms with Gasteiger partial charge >= 0.3 is 0 Å². The topological polar surface area (TPSA) is 37.4 Å². The van der Waals surface area contributed by atoms with Crippen molar-refractivity contribution in [2.75, 3.05) is 16.8 Å². The molecular weight excluding hydrogens is 306 g/mol. The van der Waals surface area contributed by atoms with Crippen LogP contribution >= 0.6 is 15.9 Å². The van der Waals surface area contributed by atoms with Crippen molar-refractivity contribution in [2.24, 2.45) is 5.92 Å². The monoisotopic (exact) mass is 321 g/mol.